The molecule has 0 spiro atoms. The van der Waals surface area contributed by atoms with Gasteiger partial charge in [0.2, 0.25) is 10.0 Å². The van der Waals surface area contributed by atoms with Crippen LogP contribution in [0.15, 0.2) is 58.8 Å². The van der Waals surface area contributed by atoms with Crippen molar-refractivity contribution < 1.29 is 22.7 Å². The van der Waals surface area contributed by atoms with Crippen LogP contribution in [0.5, 0.6) is 5.75 Å². The molecule has 2 aromatic carbocycles. The molecule has 1 fully saturated rings. The Bertz CT molecular complexity index is 1150. The van der Waals surface area contributed by atoms with Gasteiger partial charge in [-0.25, -0.2) is 13.4 Å². The molecule has 2 heterocycles. The van der Waals surface area contributed by atoms with Gasteiger partial charge in [-0.15, -0.1) is 11.3 Å². The van der Waals surface area contributed by atoms with E-state index in [1.807, 2.05) is 29.6 Å². The summed E-state index contributed by atoms with van der Waals surface area (Å²) < 4.78 is 37.1. The number of hydrogen-bond donors (Lipinski definition) is 1. The Morgan fingerprint density at radius 2 is 1.77 bits per heavy atom. The first-order valence-corrected chi connectivity index (χ1v) is 11.9. The molecular weight excluding hydrogens is 438 g/mol. The van der Waals surface area contributed by atoms with E-state index < -0.39 is 10.0 Å². The molecule has 0 radical (unpaired) electrons. The van der Waals surface area contributed by atoms with Crippen LogP contribution >= 0.6 is 11.3 Å². The van der Waals surface area contributed by atoms with Crippen molar-refractivity contribution in [1.82, 2.24) is 9.29 Å². The molecule has 1 N–H and O–H groups in total. The maximum atomic E-state index is 12.7. The van der Waals surface area contributed by atoms with Crippen molar-refractivity contribution in [2.24, 2.45) is 0 Å². The molecule has 0 bridgehead atoms. The quantitative estimate of drug-likeness (QED) is 0.608. The second-order valence-corrected chi connectivity index (χ2v) is 9.56. The second kappa shape index (κ2) is 9.15. The number of carbonyl (C=O) groups excluding carboxylic acids is 1. The van der Waals surface area contributed by atoms with Gasteiger partial charge in [-0.3, -0.25) is 10.1 Å². The van der Waals surface area contributed by atoms with Crippen molar-refractivity contribution in [2.45, 2.75) is 4.90 Å². The fourth-order valence-electron chi connectivity index (χ4n) is 3.11. The third-order valence-electron chi connectivity index (χ3n) is 4.83. The van der Waals surface area contributed by atoms with Crippen molar-refractivity contribution in [1.29, 1.82) is 0 Å². The van der Waals surface area contributed by atoms with Gasteiger partial charge < -0.3 is 9.47 Å². The van der Waals surface area contributed by atoms with Gasteiger partial charge in [-0.1, -0.05) is 0 Å². The number of nitrogens with zero attached hydrogens (tertiary/aromatic N) is 2. The fourth-order valence-corrected chi connectivity index (χ4v) is 5.23. The average Bonchev–Trinajstić information content (AvgIpc) is 3.28. The Morgan fingerprint density at radius 1 is 1.10 bits per heavy atom. The Balaban J connectivity index is 1.43. The van der Waals surface area contributed by atoms with Crippen molar-refractivity contribution in [3.63, 3.8) is 0 Å². The van der Waals surface area contributed by atoms with Gasteiger partial charge in [0, 0.05) is 29.6 Å². The predicted octanol–water partition coefficient (Wildman–Crippen LogP) is 3.09. The average molecular weight is 460 g/mol. The van der Waals surface area contributed by atoms with Crippen LogP contribution in [0.2, 0.25) is 0 Å². The molecule has 10 heteroatoms. The number of nitrogens with one attached hydrogen (secondary N) is 1. The molecule has 31 heavy (non-hydrogen) atoms. The standard InChI is InChI=1S/C21H21N3O5S2/c1-28-17-6-2-15(3-7-17)19-14-30-21(22-19)23-20(25)16-4-8-18(9-5-16)31(26,27)24-10-12-29-13-11-24/h2-9,14H,10-13H2,1H3,(H,22,23,25). The van der Waals surface area contributed by atoms with E-state index >= 15 is 0 Å². The molecule has 1 aliphatic rings. The molecule has 4 rings (SSSR count). The summed E-state index contributed by atoms with van der Waals surface area (Å²) in [6.45, 7) is 1.41. The molecule has 0 atom stereocenters. The van der Waals surface area contributed by atoms with Gasteiger partial charge >= 0.3 is 0 Å². The number of benzene rings is 2. The van der Waals surface area contributed by atoms with Crippen LogP contribution in [0.25, 0.3) is 11.3 Å². The summed E-state index contributed by atoms with van der Waals surface area (Å²) in [7, 11) is -1.99. The number of anilines is 1. The lowest BCUT2D eigenvalue weighted by Gasteiger charge is -2.26. The topological polar surface area (TPSA) is 97.8 Å². The Morgan fingerprint density at radius 3 is 2.42 bits per heavy atom. The maximum Gasteiger partial charge on any atom is 0.257 e. The summed E-state index contributed by atoms with van der Waals surface area (Å²) in [5.41, 5.74) is 2.01. The molecular formula is C21H21N3O5S2. The van der Waals surface area contributed by atoms with Crippen LogP contribution in [0.3, 0.4) is 0 Å². The highest BCUT2D eigenvalue weighted by atomic mass is 32.2. The lowest BCUT2D eigenvalue weighted by Crippen LogP contribution is -2.40. The molecule has 0 saturated carbocycles. The highest BCUT2D eigenvalue weighted by molar-refractivity contribution is 7.89. The summed E-state index contributed by atoms with van der Waals surface area (Å²) in [5.74, 6) is 0.400. The Kier molecular flexibility index (Phi) is 6.33. The minimum absolute atomic E-state index is 0.155. The van der Waals surface area contributed by atoms with Gasteiger partial charge in [-0.2, -0.15) is 4.31 Å². The van der Waals surface area contributed by atoms with Crippen LogP contribution in [-0.4, -0.2) is 57.0 Å². The monoisotopic (exact) mass is 459 g/mol. The van der Waals surface area contributed by atoms with E-state index in [4.69, 9.17) is 9.47 Å². The van der Waals surface area contributed by atoms with E-state index in [-0.39, 0.29) is 10.8 Å². The molecule has 3 aromatic rings. The second-order valence-electron chi connectivity index (χ2n) is 6.76. The number of hydrogen-bond acceptors (Lipinski definition) is 7. The van der Waals surface area contributed by atoms with E-state index in [2.05, 4.69) is 10.3 Å². The molecule has 162 valence electrons. The fraction of sp³-hybridized carbons (Fsp3) is 0.238. The summed E-state index contributed by atoms with van der Waals surface area (Å²) in [4.78, 5) is 17.2. The summed E-state index contributed by atoms with van der Waals surface area (Å²) in [6, 6.07) is 13.4. The highest BCUT2D eigenvalue weighted by Gasteiger charge is 2.26. The number of rotatable bonds is 6. The smallest absolute Gasteiger partial charge is 0.257 e. The number of ether oxygens (including phenoxy) is 2. The SMILES string of the molecule is COc1ccc(-c2csc(NC(=O)c3ccc(S(=O)(=O)N4CCOCC4)cc3)n2)cc1. The van der Waals surface area contributed by atoms with Gasteiger partial charge in [0.05, 0.1) is 30.9 Å². The molecule has 1 aliphatic heterocycles. The number of sulfonamides is 1. The van der Waals surface area contributed by atoms with Gasteiger partial charge in [0.15, 0.2) is 5.13 Å². The maximum absolute atomic E-state index is 12.7. The van der Waals surface area contributed by atoms with Gasteiger partial charge in [0.25, 0.3) is 5.91 Å². The number of thiazole rings is 1. The molecule has 8 nitrogen and oxygen atoms in total. The highest BCUT2D eigenvalue weighted by Crippen LogP contribution is 2.27. The van der Waals surface area contributed by atoms with Crippen LogP contribution in [0.1, 0.15) is 10.4 Å². The van der Waals surface area contributed by atoms with Crippen LogP contribution in [0.4, 0.5) is 5.13 Å². The van der Waals surface area contributed by atoms with Crippen molar-refractivity contribution in [3.8, 4) is 17.0 Å². The third kappa shape index (κ3) is 4.77. The minimum Gasteiger partial charge on any atom is -0.497 e. The van der Waals surface area contributed by atoms with Crippen molar-refractivity contribution in [3.05, 3.63) is 59.5 Å². The lowest BCUT2D eigenvalue weighted by atomic mass is 10.2. The Hall–Kier alpha value is -2.79. The summed E-state index contributed by atoms with van der Waals surface area (Å²) in [6.07, 6.45) is 0. The summed E-state index contributed by atoms with van der Waals surface area (Å²) >= 11 is 1.31. The van der Waals surface area contributed by atoms with Crippen LogP contribution in [-0.2, 0) is 14.8 Å². The number of morpholine rings is 1. The molecule has 0 unspecified atom stereocenters. The zero-order valence-corrected chi connectivity index (χ0v) is 18.4. The molecule has 1 saturated heterocycles. The molecule has 1 aromatic heterocycles. The van der Waals surface area contributed by atoms with Crippen molar-refractivity contribution in [2.75, 3.05) is 38.7 Å². The molecule has 0 aliphatic carbocycles. The number of amides is 1. The lowest BCUT2D eigenvalue weighted by molar-refractivity contribution is 0.0730. The van der Waals surface area contributed by atoms with Crippen molar-refractivity contribution >= 4 is 32.4 Å². The zero-order valence-electron chi connectivity index (χ0n) is 16.8. The van der Waals surface area contributed by atoms with E-state index in [1.54, 1.807) is 7.11 Å². The normalized spacial score (nSPS) is 14.9. The van der Waals surface area contributed by atoms with E-state index in [0.717, 1.165) is 17.0 Å². The number of aromatic nitrogens is 1. The van der Waals surface area contributed by atoms with Gasteiger partial charge in [0.1, 0.15) is 5.75 Å². The van der Waals surface area contributed by atoms with E-state index in [9.17, 15) is 13.2 Å². The summed E-state index contributed by atoms with van der Waals surface area (Å²) in [5, 5.41) is 5.08. The Labute approximate surface area is 184 Å². The first-order chi connectivity index (χ1) is 15.0. The van der Waals surface area contributed by atoms with Gasteiger partial charge in [-0.05, 0) is 48.5 Å². The zero-order chi connectivity index (χ0) is 21.8. The van der Waals surface area contributed by atoms with Crippen LogP contribution < -0.4 is 10.1 Å². The van der Waals surface area contributed by atoms with E-state index in [0.29, 0.717) is 37.0 Å². The largest absolute Gasteiger partial charge is 0.497 e. The number of methoxy groups -OCH3 is 1. The minimum atomic E-state index is -3.59. The third-order valence-corrected chi connectivity index (χ3v) is 7.51. The van der Waals surface area contributed by atoms with E-state index in [1.165, 1.54) is 39.9 Å². The first-order valence-electron chi connectivity index (χ1n) is 9.56. The molecule has 1 amide bonds. The number of carbonyl (C=O) groups is 1. The first kappa shape index (κ1) is 21.4. The van der Waals surface area contributed by atoms with Crippen LogP contribution in [0, 0.1) is 0 Å². The predicted molar refractivity (Wildman–Crippen MR) is 118 cm³/mol.